The standard InChI is InChI=1S/C19H23N5O2S2/c1-5-14-6-8-15(9-7-14)26-13(3)17-22-23-19(24(17)4)27-11-16(25)21-18-20-10-12(2)28-18/h6-10,13H,5,11H2,1-4H3,(H,20,21,25)/t13-/m0/s1. The van der Waals surface area contributed by atoms with Gasteiger partial charge in [0.15, 0.2) is 22.2 Å². The highest BCUT2D eigenvalue weighted by Gasteiger charge is 2.18. The van der Waals surface area contributed by atoms with Crippen LogP contribution in [0.25, 0.3) is 0 Å². The number of aryl methyl sites for hydroxylation is 2. The van der Waals surface area contributed by atoms with E-state index in [2.05, 4.69) is 39.6 Å². The molecule has 0 radical (unpaired) electrons. The lowest BCUT2D eigenvalue weighted by atomic mass is 10.2. The Labute approximate surface area is 172 Å². The maximum atomic E-state index is 12.1. The number of benzene rings is 1. The van der Waals surface area contributed by atoms with Crippen molar-refractivity contribution < 1.29 is 9.53 Å². The summed E-state index contributed by atoms with van der Waals surface area (Å²) in [5.74, 6) is 1.61. The highest BCUT2D eigenvalue weighted by atomic mass is 32.2. The first-order valence-electron chi connectivity index (χ1n) is 8.96. The molecule has 0 aliphatic rings. The number of carbonyl (C=O) groups is 1. The minimum absolute atomic E-state index is 0.121. The van der Waals surface area contributed by atoms with E-state index in [0.717, 1.165) is 17.0 Å². The molecule has 1 atom stereocenters. The van der Waals surface area contributed by atoms with Gasteiger partial charge in [-0.05, 0) is 38.0 Å². The van der Waals surface area contributed by atoms with Crippen LogP contribution >= 0.6 is 23.1 Å². The summed E-state index contributed by atoms with van der Waals surface area (Å²) in [5, 5.41) is 12.5. The lowest BCUT2D eigenvalue weighted by molar-refractivity contribution is -0.113. The first-order chi connectivity index (χ1) is 13.5. The number of anilines is 1. The Bertz CT molecular complexity index is 936. The van der Waals surface area contributed by atoms with Crippen LogP contribution in [0.4, 0.5) is 5.13 Å². The molecule has 0 aliphatic carbocycles. The summed E-state index contributed by atoms with van der Waals surface area (Å²) < 4.78 is 7.84. The summed E-state index contributed by atoms with van der Waals surface area (Å²) in [4.78, 5) is 17.3. The number of aromatic nitrogens is 4. The molecule has 3 aromatic rings. The van der Waals surface area contributed by atoms with Crippen LogP contribution in [-0.2, 0) is 18.3 Å². The average Bonchev–Trinajstić information content (AvgIpc) is 3.26. The Morgan fingerprint density at radius 1 is 1.32 bits per heavy atom. The van der Waals surface area contributed by atoms with Gasteiger partial charge in [0.05, 0.1) is 5.75 Å². The van der Waals surface area contributed by atoms with Crippen molar-refractivity contribution in [2.24, 2.45) is 7.05 Å². The fourth-order valence-electron chi connectivity index (χ4n) is 2.56. The maximum Gasteiger partial charge on any atom is 0.236 e. The Morgan fingerprint density at radius 3 is 2.71 bits per heavy atom. The van der Waals surface area contributed by atoms with Crippen LogP contribution in [0.15, 0.2) is 35.6 Å². The van der Waals surface area contributed by atoms with Gasteiger partial charge >= 0.3 is 0 Å². The van der Waals surface area contributed by atoms with E-state index in [1.54, 1.807) is 6.20 Å². The number of nitrogens with zero attached hydrogens (tertiary/aromatic N) is 4. The topological polar surface area (TPSA) is 81.9 Å². The van der Waals surface area contributed by atoms with Crippen molar-refractivity contribution in [2.45, 2.75) is 38.5 Å². The second-order valence-electron chi connectivity index (χ2n) is 6.27. The predicted molar refractivity (Wildman–Crippen MR) is 112 cm³/mol. The van der Waals surface area contributed by atoms with E-state index >= 15 is 0 Å². The monoisotopic (exact) mass is 417 g/mol. The van der Waals surface area contributed by atoms with E-state index in [1.165, 1.54) is 28.7 Å². The third kappa shape index (κ3) is 5.11. The maximum absolute atomic E-state index is 12.1. The summed E-state index contributed by atoms with van der Waals surface area (Å²) >= 11 is 2.78. The first-order valence-corrected chi connectivity index (χ1v) is 10.8. The second-order valence-corrected chi connectivity index (χ2v) is 8.45. The zero-order valence-electron chi connectivity index (χ0n) is 16.3. The number of nitrogens with one attached hydrogen (secondary N) is 1. The van der Waals surface area contributed by atoms with Gasteiger partial charge in [-0.1, -0.05) is 30.8 Å². The number of thiazole rings is 1. The second kappa shape index (κ2) is 9.20. The van der Waals surface area contributed by atoms with Crippen molar-refractivity contribution in [1.82, 2.24) is 19.7 Å². The zero-order chi connectivity index (χ0) is 20.1. The summed E-state index contributed by atoms with van der Waals surface area (Å²) in [6.07, 6.45) is 2.47. The van der Waals surface area contributed by atoms with Crippen molar-refractivity contribution in [3.8, 4) is 5.75 Å². The molecule has 0 saturated heterocycles. The number of amides is 1. The number of hydrogen-bond acceptors (Lipinski definition) is 7. The van der Waals surface area contributed by atoms with Gasteiger partial charge in [-0.2, -0.15) is 0 Å². The van der Waals surface area contributed by atoms with Crippen LogP contribution in [0, 0.1) is 6.92 Å². The van der Waals surface area contributed by atoms with E-state index in [4.69, 9.17) is 4.74 Å². The van der Waals surface area contributed by atoms with Crippen LogP contribution < -0.4 is 10.1 Å². The van der Waals surface area contributed by atoms with Crippen LogP contribution in [0.2, 0.25) is 0 Å². The van der Waals surface area contributed by atoms with E-state index < -0.39 is 0 Å². The van der Waals surface area contributed by atoms with Gasteiger partial charge in [0.2, 0.25) is 5.91 Å². The molecule has 0 unspecified atom stereocenters. The summed E-state index contributed by atoms with van der Waals surface area (Å²) in [7, 11) is 1.87. The quantitative estimate of drug-likeness (QED) is 0.558. The Morgan fingerprint density at radius 2 is 2.07 bits per heavy atom. The number of thioether (sulfide) groups is 1. The molecule has 1 aromatic carbocycles. The van der Waals surface area contributed by atoms with Gasteiger partial charge in [0, 0.05) is 18.1 Å². The first kappa shape index (κ1) is 20.3. The van der Waals surface area contributed by atoms with Crippen molar-refractivity contribution in [3.63, 3.8) is 0 Å². The van der Waals surface area contributed by atoms with Crippen molar-refractivity contribution in [1.29, 1.82) is 0 Å². The average molecular weight is 418 g/mol. The van der Waals surface area contributed by atoms with E-state index in [9.17, 15) is 4.79 Å². The summed E-state index contributed by atoms with van der Waals surface area (Å²) in [5.41, 5.74) is 1.27. The highest BCUT2D eigenvalue weighted by Crippen LogP contribution is 2.24. The van der Waals surface area contributed by atoms with Crippen molar-refractivity contribution in [3.05, 3.63) is 46.7 Å². The van der Waals surface area contributed by atoms with Crippen LogP contribution in [0.3, 0.4) is 0 Å². The summed E-state index contributed by atoms with van der Waals surface area (Å²) in [6.45, 7) is 6.00. The molecule has 2 aromatic heterocycles. The summed E-state index contributed by atoms with van der Waals surface area (Å²) in [6, 6.07) is 8.04. The molecule has 0 spiro atoms. The number of carbonyl (C=O) groups excluding carboxylic acids is 1. The van der Waals surface area contributed by atoms with Crippen LogP contribution in [0.5, 0.6) is 5.75 Å². The highest BCUT2D eigenvalue weighted by molar-refractivity contribution is 7.99. The van der Waals surface area contributed by atoms with Gasteiger partial charge < -0.3 is 14.6 Å². The van der Waals surface area contributed by atoms with Crippen molar-refractivity contribution in [2.75, 3.05) is 11.1 Å². The SMILES string of the molecule is CCc1ccc(O[C@@H](C)c2nnc(SCC(=O)Nc3ncc(C)s3)n2C)cc1. The largest absolute Gasteiger partial charge is 0.483 e. The van der Waals surface area contributed by atoms with Gasteiger partial charge in [0.1, 0.15) is 5.75 Å². The molecule has 28 heavy (non-hydrogen) atoms. The number of ether oxygens (including phenoxy) is 1. The Hall–Kier alpha value is -2.39. The third-order valence-electron chi connectivity index (χ3n) is 4.08. The molecule has 1 N–H and O–H groups in total. The van der Waals surface area contributed by atoms with Gasteiger partial charge in [-0.15, -0.1) is 21.5 Å². The van der Waals surface area contributed by atoms with E-state index in [0.29, 0.717) is 16.1 Å². The lowest BCUT2D eigenvalue weighted by Crippen LogP contribution is -2.14. The number of rotatable bonds is 8. The molecule has 0 saturated carbocycles. The predicted octanol–water partition coefficient (Wildman–Crippen LogP) is 4.01. The minimum Gasteiger partial charge on any atom is -0.483 e. The third-order valence-corrected chi connectivity index (χ3v) is 5.93. The van der Waals surface area contributed by atoms with Crippen LogP contribution in [-0.4, -0.2) is 31.4 Å². The molecule has 148 valence electrons. The Kier molecular flexibility index (Phi) is 6.69. The fourth-order valence-corrected chi connectivity index (χ4v) is 3.96. The molecule has 1 amide bonds. The Balaban J connectivity index is 1.56. The normalized spacial score (nSPS) is 12.0. The zero-order valence-corrected chi connectivity index (χ0v) is 17.9. The van der Waals surface area contributed by atoms with Crippen LogP contribution in [0.1, 0.15) is 36.2 Å². The van der Waals surface area contributed by atoms with E-state index in [1.807, 2.05) is 37.6 Å². The van der Waals surface area contributed by atoms with E-state index in [-0.39, 0.29) is 17.8 Å². The molecule has 3 rings (SSSR count). The minimum atomic E-state index is -0.258. The number of hydrogen-bond donors (Lipinski definition) is 1. The molecule has 7 nitrogen and oxygen atoms in total. The fraction of sp³-hybridized carbons (Fsp3) is 0.368. The smallest absolute Gasteiger partial charge is 0.236 e. The lowest BCUT2D eigenvalue weighted by Gasteiger charge is -2.14. The molecule has 0 aliphatic heterocycles. The molecule has 9 heteroatoms. The van der Waals surface area contributed by atoms with Gasteiger partial charge in [0.25, 0.3) is 0 Å². The van der Waals surface area contributed by atoms with Crippen molar-refractivity contribution >= 4 is 34.1 Å². The molecular formula is C19H23N5O2S2. The molecule has 0 fully saturated rings. The molecule has 2 heterocycles. The van der Waals surface area contributed by atoms with Gasteiger partial charge in [-0.3, -0.25) is 4.79 Å². The molecular weight excluding hydrogens is 394 g/mol. The molecule has 0 bridgehead atoms. The van der Waals surface area contributed by atoms with Gasteiger partial charge in [-0.25, -0.2) is 4.98 Å².